The molecule has 1 aromatic carbocycles. The lowest BCUT2D eigenvalue weighted by molar-refractivity contribution is 0.153. The van der Waals surface area contributed by atoms with E-state index in [0.29, 0.717) is 0 Å². The van der Waals surface area contributed by atoms with E-state index < -0.39 is 11.7 Å². The van der Waals surface area contributed by atoms with Crippen LogP contribution in [-0.2, 0) is 11.3 Å². The Morgan fingerprint density at radius 1 is 1.20 bits per heavy atom. The molecule has 0 unspecified atom stereocenters. The van der Waals surface area contributed by atoms with Gasteiger partial charge in [0.2, 0.25) is 0 Å². The van der Waals surface area contributed by atoms with Crippen molar-refractivity contribution >= 4 is 11.8 Å². The van der Waals surface area contributed by atoms with Gasteiger partial charge in [-0.15, -0.1) is 0 Å². The first-order chi connectivity index (χ1) is 9.70. The standard InChI is InChI=1S/C14H14N2O4/c1-19-16-9-5-8-12(13(16)17)15-14(18)20-10-11-6-3-2-4-7-11/h2-9H,10H2,1H3,(H,15,18). The zero-order chi connectivity index (χ0) is 14.4. The Morgan fingerprint density at radius 3 is 2.65 bits per heavy atom. The molecule has 0 fully saturated rings. The second kappa shape index (κ2) is 6.42. The first kappa shape index (κ1) is 13.7. The Balaban J connectivity index is 1.97. The summed E-state index contributed by atoms with van der Waals surface area (Å²) in [5, 5.41) is 2.38. The van der Waals surface area contributed by atoms with E-state index in [-0.39, 0.29) is 12.3 Å². The van der Waals surface area contributed by atoms with Crippen molar-refractivity contribution in [3.8, 4) is 0 Å². The van der Waals surface area contributed by atoms with Crippen molar-refractivity contribution in [2.45, 2.75) is 6.61 Å². The van der Waals surface area contributed by atoms with Gasteiger partial charge in [-0.3, -0.25) is 10.1 Å². The molecule has 2 aromatic rings. The number of carbonyl (C=O) groups excluding carboxylic acids is 1. The van der Waals surface area contributed by atoms with Gasteiger partial charge in [0.05, 0.1) is 0 Å². The molecule has 0 radical (unpaired) electrons. The van der Waals surface area contributed by atoms with Gasteiger partial charge in [0, 0.05) is 6.20 Å². The van der Waals surface area contributed by atoms with Crippen LogP contribution < -0.4 is 15.7 Å². The maximum atomic E-state index is 11.8. The number of ether oxygens (including phenoxy) is 1. The third kappa shape index (κ3) is 3.38. The second-order valence-corrected chi connectivity index (χ2v) is 3.92. The van der Waals surface area contributed by atoms with Crippen LogP contribution in [0.25, 0.3) is 0 Å². The first-order valence-corrected chi connectivity index (χ1v) is 5.94. The molecule has 0 aliphatic rings. The molecule has 1 heterocycles. The van der Waals surface area contributed by atoms with E-state index >= 15 is 0 Å². The molecule has 0 aliphatic heterocycles. The molecule has 0 saturated carbocycles. The summed E-state index contributed by atoms with van der Waals surface area (Å²) in [6.07, 6.45) is 0.753. The van der Waals surface area contributed by atoms with Gasteiger partial charge in [0.15, 0.2) is 0 Å². The van der Waals surface area contributed by atoms with Crippen molar-refractivity contribution in [1.82, 2.24) is 4.73 Å². The van der Waals surface area contributed by atoms with E-state index in [4.69, 9.17) is 9.57 Å². The number of amides is 1. The molecule has 0 saturated heterocycles. The van der Waals surface area contributed by atoms with Crippen molar-refractivity contribution in [3.05, 3.63) is 64.6 Å². The van der Waals surface area contributed by atoms with Crippen molar-refractivity contribution in [1.29, 1.82) is 0 Å². The number of carbonyl (C=O) groups is 1. The molecule has 6 heteroatoms. The molecule has 0 atom stereocenters. The Labute approximate surface area is 115 Å². The molecular weight excluding hydrogens is 260 g/mol. The molecule has 0 aliphatic carbocycles. The van der Waals surface area contributed by atoms with Gasteiger partial charge >= 0.3 is 11.7 Å². The molecule has 1 amide bonds. The predicted octanol–water partition coefficient (Wildman–Crippen LogP) is 1.66. The zero-order valence-electron chi connectivity index (χ0n) is 10.9. The number of nitrogens with one attached hydrogen (secondary N) is 1. The summed E-state index contributed by atoms with van der Waals surface area (Å²) < 4.78 is 6.03. The van der Waals surface area contributed by atoms with Gasteiger partial charge in [-0.25, -0.2) is 4.79 Å². The van der Waals surface area contributed by atoms with Crippen LogP contribution in [0.2, 0.25) is 0 Å². The minimum atomic E-state index is -0.695. The highest BCUT2D eigenvalue weighted by molar-refractivity contribution is 5.84. The first-order valence-electron chi connectivity index (χ1n) is 5.94. The quantitative estimate of drug-likeness (QED) is 0.920. The van der Waals surface area contributed by atoms with E-state index in [1.165, 1.54) is 19.4 Å². The summed E-state index contributed by atoms with van der Waals surface area (Å²) in [6.45, 7) is 0.137. The van der Waals surface area contributed by atoms with Gasteiger partial charge in [-0.1, -0.05) is 30.3 Å². The number of anilines is 1. The summed E-state index contributed by atoms with van der Waals surface area (Å²) in [6, 6.07) is 12.3. The number of aromatic nitrogens is 1. The number of hydrogen-bond acceptors (Lipinski definition) is 4. The molecule has 104 valence electrons. The predicted molar refractivity (Wildman–Crippen MR) is 73.5 cm³/mol. The maximum Gasteiger partial charge on any atom is 0.412 e. The van der Waals surface area contributed by atoms with Crippen LogP contribution in [0, 0.1) is 0 Å². The minimum absolute atomic E-state index is 0.0902. The highest BCUT2D eigenvalue weighted by Crippen LogP contribution is 2.03. The van der Waals surface area contributed by atoms with Crippen LogP contribution >= 0.6 is 0 Å². The van der Waals surface area contributed by atoms with Crippen molar-refractivity contribution in [2.75, 3.05) is 12.4 Å². The second-order valence-electron chi connectivity index (χ2n) is 3.92. The number of rotatable bonds is 4. The Hall–Kier alpha value is -2.76. The topological polar surface area (TPSA) is 69.6 Å². The van der Waals surface area contributed by atoms with Crippen LogP contribution in [0.3, 0.4) is 0 Å². The summed E-state index contributed by atoms with van der Waals surface area (Å²) in [5.41, 5.74) is 0.490. The summed E-state index contributed by atoms with van der Waals surface area (Å²) >= 11 is 0. The SMILES string of the molecule is COn1cccc(NC(=O)OCc2ccccc2)c1=O. The number of benzene rings is 1. The van der Waals surface area contributed by atoms with Crippen LogP contribution in [0.4, 0.5) is 10.5 Å². The zero-order valence-corrected chi connectivity index (χ0v) is 10.9. The number of hydrogen-bond donors (Lipinski definition) is 1. The van der Waals surface area contributed by atoms with Gasteiger partial charge in [0.25, 0.3) is 0 Å². The van der Waals surface area contributed by atoms with Gasteiger partial charge in [-0.2, -0.15) is 4.73 Å². The van der Waals surface area contributed by atoms with E-state index in [1.54, 1.807) is 6.07 Å². The fourth-order valence-electron chi connectivity index (χ4n) is 1.58. The molecule has 1 aromatic heterocycles. The highest BCUT2D eigenvalue weighted by Gasteiger charge is 2.08. The summed E-state index contributed by atoms with van der Waals surface area (Å²) in [4.78, 5) is 28.2. The lowest BCUT2D eigenvalue weighted by atomic mass is 10.2. The molecule has 0 spiro atoms. The third-order valence-electron chi connectivity index (χ3n) is 2.56. The summed E-state index contributed by atoms with van der Waals surface area (Å²) in [7, 11) is 1.36. The fourth-order valence-corrected chi connectivity index (χ4v) is 1.58. The molecule has 0 bridgehead atoms. The molecular formula is C14H14N2O4. The molecule has 6 nitrogen and oxygen atoms in total. The molecule has 20 heavy (non-hydrogen) atoms. The van der Waals surface area contributed by atoms with Gasteiger partial charge in [-0.05, 0) is 17.7 Å². The minimum Gasteiger partial charge on any atom is -0.444 e. The van der Waals surface area contributed by atoms with Crippen LogP contribution in [0.1, 0.15) is 5.56 Å². The maximum absolute atomic E-state index is 11.8. The lowest BCUT2D eigenvalue weighted by Gasteiger charge is -2.08. The average molecular weight is 274 g/mol. The number of pyridine rings is 1. The number of nitrogens with zero attached hydrogens (tertiary/aromatic N) is 1. The molecule has 1 N–H and O–H groups in total. The van der Waals surface area contributed by atoms with E-state index in [9.17, 15) is 9.59 Å². The summed E-state index contributed by atoms with van der Waals surface area (Å²) in [5.74, 6) is 0. The van der Waals surface area contributed by atoms with Gasteiger partial charge in [0.1, 0.15) is 19.4 Å². The van der Waals surface area contributed by atoms with Crippen molar-refractivity contribution in [2.24, 2.45) is 0 Å². The Bertz CT molecular complexity index is 637. The third-order valence-corrected chi connectivity index (χ3v) is 2.56. The highest BCUT2D eigenvalue weighted by atomic mass is 16.6. The van der Waals surface area contributed by atoms with Crippen LogP contribution in [0.5, 0.6) is 0 Å². The normalized spacial score (nSPS) is 9.85. The lowest BCUT2D eigenvalue weighted by Crippen LogP contribution is -2.28. The van der Waals surface area contributed by atoms with Crippen molar-refractivity contribution in [3.63, 3.8) is 0 Å². The van der Waals surface area contributed by atoms with Crippen molar-refractivity contribution < 1.29 is 14.4 Å². The van der Waals surface area contributed by atoms with Gasteiger partial charge < -0.3 is 9.57 Å². The molecule has 2 rings (SSSR count). The Kier molecular flexibility index (Phi) is 4.39. The largest absolute Gasteiger partial charge is 0.444 e. The van der Waals surface area contributed by atoms with Crippen LogP contribution in [0.15, 0.2) is 53.5 Å². The monoisotopic (exact) mass is 274 g/mol. The van der Waals surface area contributed by atoms with E-state index in [2.05, 4.69) is 5.32 Å². The smallest absolute Gasteiger partial charge is 0.412 e. The average Bonchev–Trinajstić information content (AvgIpc) is 2.48. The van der Waals surface area contributed by atoms with E-state index in [1.807, 2.05) is 30.3 Å². The Morgan fingerprint density at radius 2 is 1.95 bits per heavy atom. The van der Waals surface area contributed by atoms with Crippen LogP contribution in [-0.4, -0.2) is 17.9 Å². The van der Waals surface area contributed by atoms with E-state index in [0.717, 1.165) is 10.3 Å². The fraction of sp³-hybridized carbons (Fsp3) is 0.143.